The highest BCUT2D eigenvalue weighted by Gasteiger charge is 2.15. The molecule has 32 heavy (non-hydrogen) atoms. The van der Waals surface area contributed by atoms with Crippen LogP contribution < -0.4 is 9.47 Å². The first-order valence-electron chi connectivity index (χ1n) is 10.1. The maximum Gasteiger partial charge on any atom is 0.161 e. The van der Waals surface area contributed by atoms with Gasteiger partial charge in [-0.05, 0) is 42.0 Å². The summed E-state index contributed by atoms with van der Waals surface area (Å²) in [6, 6.07) is 23.5. The maximum absolute atomic E-state index is 9.77. The summed E-state index contributed by atoms with van der Waals surface area (Å²) in [5.74, 6) is 1.26. The summed E-state index contributed by atoms with van der Waals surface area (Å²) in [6.45, 7) is 0.612. The SMILES string of the molecule is COc1ccc(-c2nn(Cc3ccccc3)cc2/C=C(/C#N)c2ccccn2)cc1OC. The number of hydrogen-bond acceptors (Lipinski definition) is 5. The highest BCUT2D eigenvalue weighted by molar-refractivity contribution is 5.91. The Morgan fingerprint density at radius 1 is 1.00 bits per heavy atom. The van der Waals surface area contributed by atoms with Crippen molar-refractivity contribution in [2.24, 2.45) is 0 Å². The van der Waals surface area contributed by atoms with Crippen molar-refractivity contribution in [1.29, 1.82) is 5.26 Å². The van der Waals surface area contributed by atoms with E-state index in [0.29, 0.717) is 29.3 Å². The van der Waals surface area contributed by atoms with E-state index in [1.165, 1.54) is 0 Å². The third-order valence-corrected chi connectivity index (χ3v) is 5.00. The van der Waals surface area contributed by atoms with Gasteiger partial charge in [-0.15, -0.1) is 0 Å². The first-order valence-corrected chi connectivity index (χ1v) is 10.1. The molecule has 2 aromatic heterocycles. The van der Waals surface area contributed by atoms with Crippen molar-refractivity contribution in [3.05, 3.63) is 95.9 Å². The fourth-order valence-electron chi connectivity index (χ4n) is 3.44. The molecule has 6 nitrogen and oxygen atoms in total. The fraction of sp³-hybridized carbons (Fsp3) is 0.115. The fourth-order valence-corrected chi connectivity index (χ4v) is 3.44. The van der Waals surface area contributed by atoms with Crippen LogP contribution in [0.2, 0.25) is 0 Å². The molecule has 0 spiro atoms. The molecule has 0 saturated heterocycles. The van der Waals surface area contributed by atoms with E-state index >= 15 is 0 Å². The molecule has 0 amide bonds. The molecule has 2 heterocycles. The van der Waals surface area contributed by atoms with E-state index in [9.17, 15) is 5.26 Å². The molecule has 158 valence electrons. The monoisotopic (exact) mass is 422 g/mol. The number of allylic oxidation sites excluding steroid dienone is 1. The number of pyridine rings is 1. The second-order valence-electron chi connectivity index (χ2n) is 7.07. The molecule has 0 aliphatic rings. The first kappa shape index (κ1) is 20.9. The molecular formula is C26H22N4O2. The number of methoxy groups -OCH3 is 2. The Balaban J connectivity index is 1.82. The van der Waals surface area contributed by atoms with Crippen molar-refractivity contribution in [1.82, 2.24) is 14.8 Å². The van der Waals surface area contributed by atoms with Gasteiger partial charge in [-0.25, -0.2) is 0 Å². The average Bonchev–Trinajstić information content (AvgIpc) is 3.25. The van der Waals surface area contributed by atoms with Crippen LogP contribution in [0.4, 0.5) is 0 Å². The molecule has 0 N–H and O–H groups in total. The van der Waals surface area contributed by atoms with Crippen LogP contribution in [0.15, 0.2) is 79.1 Å². The second kappa shape index (κ2) is 9.63. The Labute approximate surface area is 187 Å². The predicted molar refractivity (Wildman–Crippen MR) is 124 cm³/mol. The molecule has 4 rings (SSSR count). The lowest BCUT2D eigenvalue weighted by molar-refractivity contribution is 0.355. The van der Waals surface area contributed by atoms with Gasteiger partial charge >= 0.3 is 0 Å². The minimum absolute atomic E-state index is 0.464. The van der Waals surface area contributed by atoms with Gasteiger partial charge in [-0.2, -0.15) is 10.4 Å². The Morgan fingerprint density at radius 3 is 2.47 bits per heavy atom. The van der Waals surface area contributed by atoms with Gasteiger partial charge in [0, 0.05) is 23.5 Å². The highest BCUT2D eigenvalue weighted by atomic mass is 16.5. The van der Waals surface area contributed by atoms with E-state index in [4.69, 9.17) is 14.6 Å². The summed E-state index contributed by atoms with van der Waals surface area (Å²) in [5.41, 5.74) is 4.63. The first-order chi connectivity index (χ1) is 15.7. The predicted octanol–water partition coefficient (Wildman–Crippen LogP) is 5.07. The molecule has 0 bridgehead atoms. The number of rotatable bonds is 7. The molecule has 0 fully saturated rings. The van der Waals surface area contributed by atoms with Gasteiger partial charge in [-0.1, -0.05) is 36.4 Å². The Hall–Kier alpha value is -4.37. The summed E-state index contributed by atoms with van der Waals surface area (Å²) >= 11 is 0. The number of ether oxygens (including phenoxy) is 2. The van der Waals surface area contributed by atoms with E-state index in [0.717, 1.165) is 22.4 Å². The van der Waals surface area contributed by atoms with Crippen molar-refractivity contribution >= 4 is 11.6 Å². The molecular weight excluding hydrogens is 400 g/mol. The standard InChI is InChI=1S/C26H22N4O2/c1-31-24-12-11-20(15-25(24)32-2)26-22(14-21(16-27)23-10-6-7-13-28-23)18-30(29-26)17-19-8-4-3-5-9-19/h3-15,18H,17H2,1-2H3/b21-14-. The van der Waals surface area contributed by atoms with Crippen LogP contribution in [0.3, 0.4) is 0 Å². The number of nitrogens with zero attached hydrogens (tertiary/aromatic N) is 4. The van der Waals surface area contributed by atoms with Gasteiger partial charge in [-0.3, -0.25) is 9.67 Å². The zero-order valence-corrected chi connectivity index (χ0v) is 17.9. The smallest absolute Gasteiger partial charge is 0.161 e. The lowest BCUT2D eigenvalue weighted by atomic mass is 10.0. The van der Waals surface area contributed by atoms with Crippen LogP contribution in [-0.2, 0) is 6.54 Å². The minimum atomic E-state index is 0.464. The highest BCUT2D eigenvalue weighted by Crippen LogP contribution is 2.34. The van der Waals surface area contributed by atoms with Crippen LogP contribution >= 0.6 is 0 Å². The van der Waals surface area contributed by atoms with Crippen molar-refractivity contribution in [2.75, 3.05) is 14.2 Å². The van der Waals surface area contributed by atoms with Crippen LogP contribution in [0, 0.1) is 11.3 Å². The third-order valence-electron chi connectivity index (χ3n) is 5.00. The van der Waals surface area contributed by atoms with Gasteiger partial charge in [0.1, 0.15) is 6.07 Å². The number of aromatic nitrogens is 3. The van der Waals surface area contributed by atoms with Crippen molar-refractivity contribution < 1.29 is 9.47 Å². The van der Waals surface area contributed by atoms with E-state index in [1.54, 1.807) is 20.4 Å². The lowest BCUT2D eigenvalue weighted by Gasteiger charge is -2.09. The molecule has 4 aromatic rings. The zero-order chi connectivity index (χ0) is 22.3. The third kappa shape index (κ3) is 4.52. The summed E-state index contributed by atoms with van der Waals surface area (Å²) in [5, 5.41) is 14.6. The average molecular weight is 422 g/mol. The quantitative estimate of drug-likeness (QED) is 0.389. The van der Waals surface area contributed by atoms with Gasteiger partial charge in [0.15, 0.2) is 11.5 Å². The Bertz CT molecular complexity index is 1270. The molecule has 0 aliphatic carbocycles. The molecule has 0 aliphatic heterocycles. The zero-order valence-electron chi connectivity index (χ0n) is 17.9. The lowest BCUT2D eigenvalue weighted by Crippen LogP contribution is -2.00. The van der Waals surface area contributed by atoms with Crippen LogP contribution in [-0.4, -0.2) is 29.0 Å². The van der Waals surface area contributed by atoms with E-state index < -0.39 is 0 Å². The van der Waals surface area contributed by atoms with Gasteiger partial charge < -0.3 is 9.47 Å². The Morgan fingerprint density at radius 2 is 1.78 bits per heavy atom. The topological polar surface area (TPSA) is 73.0 Å². The van der Waals surface area contributed by atoms with Gasteiger partial charge in [0.25, 0.3) is 0 Å². The molecule has 0 atom stereocenters. The second-order valence-corrected chi connectivity index (χ2v) is 7.07. The van der Waals surface area contributed by atoms with Crippen molar-refractivity contribution in [3.8, 4) is 28.8 Å². The van der Waals surface area contributed by atoms with Crippen LogP contribution in [0.5, 0.6) is 11.5 Å². The molecule has 0 radical (unpaired) electrons. The number of nitriles is 1. The van der Waals surface area contributed by atoms with Crippen molar-refractivity contribution in [3.63, 3.8) is 0 Å². The molecule has 0 saturated carbocycles. The molecule has 2 aromatic carbocycles. The number of hydrogen-bond donors (Lipinski definition) is 0. The summed E-state index contributed by atoms with van der Waals surface area (Å²) in [6.07, 6.45) is 5.44. The van der Waals surface area contributed by atoms with E-state index in [-0.39, 0.29) is 0 Å². The van der Waals surface area contributed by atoms with E-state index in [1.807, 2.05) is 71.6 Å². The normalized spacial score (nSPS) is 11.1. The van der Waals surface area contributed by atoms with Crippen LogP contribution in [0.25, 0.3) is 22.9 Å². The summed E-state index contributed by atoms with van der Waals surface area (Å²) in [7, 11) is 3.21. The van der Waals surface area contributed by atoms with E-state index in [2.05, 4.69) is 23.2 Å². The molecule has 6 heteroatoms. The summed E-state index contributed by atoms with van der Waals surface area (Å²) in [4.78, 5) is 4.32. The molecule has 0 unspecified atom stereocenters. The maximum atomic E-state index is 9.77. The van der Waals surface area contributed by atoms with Gasteiger partial charge in [0.05, 0.1) is 37.7 Å². The number of benzene rings is 2. The van der Waals surface area contributed by atoms with Crippen molar-refractivity contribution in [2.45, 2.75) is 6.54 Å². The minimum Gasteiger partial charge on any atom is -0.493 e. The largest absolute Gasteiger partial charge is 0.493 e. The summed E-state index contributed by atoms with van der Waals surface area (Å²) < 4.78 is 12.7. The van der Waals surface area contributed by atoms with Gasteiger partial charge in [0.2, 0.25) is 0 Å². The Kier molecular flexibility index (Phi) is 6.28. The van der Waals surface area contributed by atoms with Crippen LogP contribution in [0.1, 0.15) is 16.8 Å².